The van der Waals surface area contributed by atoms with Gasteiger partial charge in [-0.1, -0.05) is 0 Å². The highest BCUT2D eigenvalue weighted by Crippen LogP contribution is 2.59. The highest BCUT2D eigenvalue weighted by molar-refractivity contribution is 6.21. The molecule has 1 unspecified atom stereocenters. The third-order valence-electron chi connectivity index (χ3n) is 6.67. The number of hydrogen-bond donors (Lipinski definition) is 3. The summed E-state index contributed by atoms with van der Waals surface area (Å²) in [7, 11) is 1.62. The minimum absolute atomic E-state index is 0.0843. The van der Waals surface area contributed by atoms with Gasteiger partial charge >= 0.3 is 6.18 Å². The lowest BCUT2D eigenvalue weighted by atomic mass is 9.90. The molecule has 1 saturated carbocycles. The summed E-state index contributed by atoms with van der Waals surface area (Å²) in [6.45, 7) is 4.01. The number of nitrogens with zero attached hydrogens (tertiary/aromatic N) is 4. The number of allylic oxidation sites excluding steroid dienone is 3. The smallest absolute Gasteiger partial charge is 0.402 e. The Morgan fingerprint density at radius 2 is 2.00 bits per heavy atom. The van der Waals surface area contributed by atoms with Crippen LogP contribution in [0.5, 0.6) is 0 Å². The van der Waals surface area contributed by atoms with Crippen molar-refractivity contribution in [3.8, 4) is 0 Å². The highest BCUT2D eigenvalue weighted by Gasteiger charge is 2.54. The molecule has 3 rings (SSSR count). The fourth-order valence-electron chi connectivity index (χ4n) is 4.53. The molecule has 1 aromatic heterocycles. The molecule has 7 nitrogen and oxygen atoms in total. The molecule has 0 radical (unpaired) electrons. The number of pyridine rings is 1. The van der Waals surface area contributed by atoms with E-state index in [-0.39, 0.29) is 23.4 Å². The first kappa shape index (κ1) is 25.6. The van der Waals surface area contributed by atoms with Crippen LogP contribution in [0.3, 0.4) is 0 Å². The van der Waals surface area contributed by atoms with E-state index in [0.29, 0.717) is 29.6 Å². The molecule has 1 saturated heterocycles. The Morgan fingerprint density at radius 3 is 2.62 bits per heavy atom. The number of amidine groups is 1. The average molecular weight is 476 g/mol. The average Bonchev–Trinajstić information content (AvgIpc) is 3.47. The quantitative estimate of drug-likeness (QED) is 0.394. The molecule has 0 bridgehead atoms. The molecule has 0 amide bonds. The lowest BCUT2D eigenvalue weighted by molar-refractivity contribution is -0.138. The minimum atomic E-state index is -4.39. The molecule has 1 spiro atoms. The molecule has 1 atom stereocenters. The van der Waals surface area contributed by atoms with E-state index in [1.54, 1.807) is 26.1 Å². The summed E-state index contributed by atoms with van der Waals surface area (Å²) in [6.07, 6.45) is 4.63. The summed E-state index contributed by atoms with van der Waals surface area (Å²) >= 11 is 0. The van der Waals surface area contributed by atoms with Gasteiger partial charge in [-0.05, 0) is 74.9 Å². The van der Waals surface area contributed by atoms with Crippen molar-refractivity contribution >= 4 is 17.8 Å². The third-order valence-corrected chi connectivity index (χ3v) is 6.67. The molecule has 2 heterocycles. The van der Waals surface area contributed by atoms with Crippen molar-refractivity contribution in [1.29, 1.82) is 5.41 Å². The Hall–Kier alpha value is -3.01. The predicted octanol–water partition coefficient (Wildman–Crippen LogP) is 3.57. The van der Waals surface area contributed by atoms with Crippen LogP contribution in [0.1, 0.15) is 37.4 Å². The van der Waals surface area contributed by atoms with Crippen molar-refractivity contribution in [1.82, 2.24) is 9.88 Å². The van der Waals surface area contributed by atoms with Gasteiger partial charge in [0.05, 0.1) is 17.0 Å². The van der Waals surface area contributed by atoms with E-state index in [1.807, 2.05) is 4.90 Å². The van der Waals surface area contributed by atoms with Crippen LogP contribution in [0, 0.1) is 16.7 Å². The molecular formula is C24H32F3N7. The van der Waals surface area contributed by atoms with E-state index >= 15 is 0 Å². The molecule has 184 valence electrons. The number of nitrogens with one attached hydrogen (secondary N) is 1. The van der Waals surface area contributed by atoms with Crippen LogP contribution in [-0.2, 0) is 12.7 Å². The van der Waals surface area contributed by atoms with Crippen LogP contribution in [0.15, 0.2) is 51.7 Å². The summed E-state index contributed by atoms with van der Waals surface area (Å²) in [4.78, 5) is 14.4. The molecule has 1 aliphatic heterocycles. The van der Waals surface area contributed by atoms with Crippen molar-refractivity contribution in [3.63, 3.8) is 0 Å². The van der Waals surface area contributed by atoms with Crippen LogP contribution < -0.4 is 11.5 Å². The fraction of sp³-hybridized carbons (Fsp3) is 0.500. The van der Waals surface area contributed by atoms with Crippen LogP contribution in [0.25, 0.3) is 0 Å². The summed E-state index contributed by atoms with van der Waals surface area (Å²) < 4.78 is 39.7. The zero-order valence-corrected chi connectivity index (χ0v) is 19.6. The van der Waals surface area contributed by atoms with E-state index in [1.165, 1.54) is 18.5 Å². The van der Waals surface area contributed by atoms with Gasteiger partial charge in [-0.25, -0.2) is 0 Å². The van der Waals surface area contributed by atoms with Gasteiger partial charge in [-0.2, -0.15) is 13.2 Å². The van der Waals surface area contributed by atoms with Gasteiger partial charge in [0, 0.05) is 43.8 Å². The van der Waals surface area contributed by atoms with Crippen molar-refractivity contribution in [2.24, 2.45) is 32.8 Å². The predicted molar refractivity (Wildman–Crippen MR) is 129 cm³/mol. The van der Waals surface area contributed by atoms with E-state index in [4.69, 9.17) is 16.9 Å². The second kappa shape index (κ2) is 10.5. The zero-order chi connectivity index (χ0) is 24.9. The maximum atomic E-state index is 13.2. The maximum absolute atomic E-state index is 13.2. The number of rotatable bonds is 8. The number of aliphatic imine (C=N–C) groups is 2. The van der Waals surface area contributed by atoms with Crippen molar-refractivity contribution in [3.05, 3.63) is 53.0 Å². The molecule has 0 aromatic carbocycles. The molecule has 1 aliphatic carbocycles. The number of piperidine rings is 1. The third kappa shape index (κ3) is 6.31. The molecule has 2 fully saturated rings. The normalized spacial score (nSPS) is 21.9. The SMILES string of the molecule is CN=CC(C(=N)/C=C\C(N)=NCC1CC12CCN(Cc1ncccc1C(F)(F)F)CC2)=C(C)N. The van der Waals surface area contributed by atoms with Crippen molar-refractivity contribution in [2.45, 2.75) is 38.9 Å². The van der Waals surface area contributed by atoms with Gasteiger partial charge in [-0.15, -0.1) is 0 Å². The number of alkyl halides is 3. The lowest BCUT2D eigenvalue weighted by Gasteiger charge is -2.33. The van der Waals surface area contributed by atoms with Gasteiger partial charge in [0.25, 0.3) is 0 Å². The Balaban J connectivity index is 1.50. The lowest BCUT2D eigenvalue weighted by Crippen LogP contribution is -2.35. The Morgan fingerprint density at radius 1 is 1.29 bits per heavy atom. The topological polar surface area (TPSA) is 117 Å². The fourth-order valence-corrected chi connectivity index (χ4v) is 4.53. The van der Waals surface area contributed by atoms with Gasteiger partial charge in [0.1, 0.15) is 5.84 Å². The number of nitrogens with two attached hydrogens (primary N) is 2. The summed E-state index contributed by atoms with van der Waals surface area (Å²) in [5, 5.41) is 8.11. The molecular weight excluding hydrogens is 443 g/mol. The Kier molecular flexibility index (Phi) is 7.91. The summed E-state index contributed by atoms with van der Waals surface area (Å²) in [5.41, 5.74) is 12.7. The summed E-state index contributed by atoms with van der Waals surface area (Å²) in [5.74, 6) is 0.775. The standard InChI is InChI=1S/C24H32F3N7/c1-16(28)18(14-31-2)20(29)5-6-22(30)33-13-17-12-23(17)7-10-34(11-8-23)15-21-19(24(25,26)27)4-3-9-32-21/h3-6,9,14,17,29H,7-8,10-13,15,28H2,1-2H3,(H2,30,33)/b6-5-,18-16?,29-20?,31-14?. The molecule has 1 aromatic rings. The Bertz CT molecular complexity index is 1010. The van der Waals surface area contributed by atoms with Gasteiger partial charge < -0.3 is 16.9 Å². The monoisotopic (exact) mass is 475 g/mol. The number of hydrogen-bond acceptors (Lipinski definition) is 6. The van der Waals surface area contributed by atoms with Crippen LogP contribution in [0.2, 0.25) is 0 Å². The highest BCUT2D eigenvalue weighted by atomic mass is 19.4. The first-order valence-electron chi connectivity index (χ1n) is 11.2. The largest absolute Gasteiger partial charge is 0.418 e. The van der Waals surface area contributed by atoms with Crippen molar-refractivity contribution in [2.75, 3.05) is 26.7 Å². The number of halogens is 3. The van der Waals surface area contributed by atoms with Gasteiger partial charge in [-0.3, -0.25) is 19.9 Å². The van der Waals surface area contributed by atoms with E-state index in [9.17, 15) is 13.2 Å². The number of likely N-dealkylation sites (tertiary alicyclic amines) is 1. The minimum Gasteiger partial charge on any atom is -0.402 e. The second-order valence-corrected chi connectivity index (χ2v) is 9.03. The van der Waals surface area contributed by atoms with Crippen LogP contribution >= 0.6 is 0 Å². The zero-order valence-electron chi connectivity index (χ0n) is 19.6. The molecule has 10 heteroatoms. The maximum Gasteiger partial charge on any atom is 0.418 e. The first-order valence-corrected chi connectivity index (χ1v) is 11.2. The molecule has 5 N–H and O–H groups in total. The van der Waals surface area contributed by atoms with Gasteiger partial charge in [0.2, 0.25) is 0 Å². The number of aromatic nitrogens is 1. The van der Waals surface area contributed by atoms with Crippen molar-refractivity contribution < 1.29 is 13.2 Å². The van der Waals surface area contributed by atoms with Crippen LogP contribution in [0.4, 0.5) is 13.2 Å². The first-order chi connectivity index (χ1) is 16.1. The Labute approximate surface area is 198 Å². The molecule has 34 heavy (non-hydrogen) atoms. The summed E-state index contributed by atoms with van der Waals surface area (Å²) in [6, 6.07) is 2.42. The van der Waals surface area contributed by atoms with Gasteiger partial charge in [0.15, 0.2) is 0 Å². The second-order valence-electron chi connectivity index (χ2n) is 9.03. The molecule has 2 aliphatic rings. The van der Waals surface area contributed by atoms with Crippen LogP contribution in [-0.4, -0.2) is 54.3 Å². The van der Waals surface area contributed by atoms with E-state index < -0.39 is 11.7 Å². The van der Waals surface area contributed by atoms with E-state index in [0.717, 1.165) is 38.4 Å². The van der Waals surface area contributed by atoms with E-state index in [2.05, 4.69) is 15.0 Å².